The lowest BCUT2D eigenvalue weighted by atomic mass is 9.84. The number of hydrogen-bond acceptors (Lipinski definition) is 4. The van der Waals surface area contributed by atoms with Crippen LogP contribution in [-0.4, -0.2) is 20.1 Å². The van der Waals surface area contributed by atoms with Gasteiger partial charge in [-0.15, -0.1) is 0 Å². The normalized spacial score (nSPS) is 13.3. The number of nitrogens with zero attached hydrogens (tertiary/aromatic N) is 1. The number of amides is 1. The van der Waals surface area contributed by atoms with Crippen LogP contribution in [0.25, 0.3) is 11.3 Å². The number of primary amides is 1. The third-order valence-electron chi connectivity index (χ3n) is 3.46. The van der Waals surface area contributed by atoms with Crippen LogP contribution in [0, 0.1) is 5.41 Å². The molecule has 2 aromatic rings. The maximum Gasteiger partial charge on any atom is 0.287 e. The van der Waals surface area contributed by atoms with Crippen molar-refractivity contribution in [3.63, 3.8) is 0 Å². The lowest BCUT2D eigenvalue weighted by Crippen LogP contribution is -2.25. The number of benzene rings is 1. The van der Waals surface area contributed by atoms with E-state index in [4.69, 9.17) is 14.7 Å². The largest absolute Gasteiger partial charge is 0.413 e. The first-order valence-electron chi connectivity index (χ1n) is 7.71. The van der Waals surface area contributed by atoms with Gasteiger partial charge in [-0.25, -0.2) is 0 Å². The van der Waals surface area contributed by atoms with Crippen LogP contribution in [0.1, 0.15) is 43.0 Å². The second kappa shape index (κ2) is 6.68. The van der Waals surface area contributed by atoms with E-state index < -0.39 is 14.9 Å². The summed E-state index contributed by atoms with van der Waals surface area (Å²) in [4.78, 5) is 11.1. The van der Waals surface area contributed by atoms with Crippen LogP contribution in [0.15, 0.2) is 34.9 Å². The molecule has 5 nitrogen and oxygen atoms in total. The van der Waals surface area contributed by atoms with Crippen LogP contribution < -0.4 is 5.73 Å². The fraction of sp³-hybridized carbons (Fsp3) is 0.412. The molecule has 1 unspecified atom stereocenters. The topological polar surface area (TPSA) is 78.4 Å². The van der Waals surface area contributed by atoms with Crippen LogP contribution in [0.4, 0.5) is 0 Å². The summed E-state index contributed by atoms with van der Waals surface area (Å²) >= 11 is 0. The Morgan fingerprint density at radius 3 is 2.30 bits per heavy atom. The molecule has 0 saturated carbocycles. The number of hydrogen-bond donors (Lipinski definition) is 1. The summed E-state index contributed by atoms with van der Waals surface area (Å²) in [6.07, 6.45) is 0.0571. The monoisotopic (exact) mass is 332 g/mol. The second-order valence-corrected chi connectivity index (χ2v) is 9.36. The van der Waals surface area contributed by atoms with Crippen molar-refractivity contribution in [2.24, 2.45) is 11.1 Å². The van der Waals surface area contributed by atoms with Crippen molar-refractivity contribution >= 4 is 14.9 Å². The fourth-order valence-corrected chi connectivity index (χ4v) is 3.52. The van der Waals surface area contributed by atoms with E-state index in [1.54, 1.807) is 6.07 Å². The van der Waals surface area contributed by atoms with E-state index >= 15 is 0 Å². The average molecular weight is 332 g/mol. The third-order valence-corrected chi connectivity index (χ3v) is 4.27. The highest BCUT2D eigenvalue weighted by atomic mass is 28.3. The molecule has 1 aromatic heterocycles. The first-order chi connectivity index (χ1) is 10.7. The first-order valence-corrected chi connectivity index (χ1v) is 10.5. The summed E-state index contributed by atoms with van der Waals surface area (Å²) < 4.78 is 11.1. The number of aromatic nitrogens is 1. The van der Waals surface area contributed by atoms with Crippen LogP contribution in [-0.2, 0) is 4.43 Å². The average Bonchev–Trinajstić information content (AvgIpc) is 2.94. The van der Waals surface area contributed by atoms with Crippen molar-refractivity contribution in [3.05, 3.63) is 41.7 Å². The van der Waals surface area contributed by atoms with Gasteiger partial charge in [-0.1, -0.05) is 50.2 Å². The smallest absolute Gasteiger partial charge is 0.287 e. The van der Waals surface area contributed by atoms with Crippen molar-refractivity contribution in [1.29, 1.82) is 0 Å². The van der Waals surface area contributed by atoms with Gasteiger partial charge in [-0.05, 0) is 24.1 Å². The zero-order valence-electron chi connectivity index (χ0n) is 14.3. The maximum atomic E-state index is 11.1. The van der Waals surface area contributed by atoms with Gasteiger partial charge in [0.2, 0.25) is 5.76 Å². The number of rotatable bonds is 5. The van der Waals surface area contributed by atoms with Gasteiger partial charge in [0.15, 0.2) is 9.04 Å². The molecule has 1 atom stereocenters. The predicted octanol–water partition coefficient (Wildman–Crippen LogP) is 3.53. The lowest BCUT2D eigenvalue weighted by molar-refractivity contribution is 0.0866. The quantitative estimate of drug-likeness (QED) is 0.850. The van der Waals surface area contributed by atoms with Gasteiger partial charge in [-0.3, -0.25) is 4.79 Å². The van der Waals surface area contributed by atoms with Gasteiger partial charge < -0.3 is 14.7 Å². The molecule has 23 heavy (non-hydrogen) atoms. The Hall–Kier alpha value is -1.92. The predicted molar refractivity (Wildman–Crippen MR) is 92.6 cm³/mol. The molecule has 1 amide bonds. The minimum absolute atomic E-state index is 0.0197. The van der Waals surface area contributed by atoms with Crippen LogP contribution in [0.2, 0.25) is 13.1 Å². The molecular formula is C17H24N2O3Si. The van der Waals surface area contributed by atoms with E-state index in [9.17, 15) is 4.79 Å². The van der Waals surface area contributed by atoms with Crippen molar-refractivity contribution < 1.29 is 13.7 Å². The van der Waals surface area contributed by atoms with Gasteiger partial charge in [0, 0.05) is 11.6 Å². The Bertz CT molecular complexity index is 672. The molecule has 2 rings (SSSR count). The van der Waals surface area contributed by atoms with E-state index in [1.807, 2.05) is 24.3 Å². The van der Waals surface area contributed by atoms with Crippen molar-refractivity contribution in [1.82, 2.24) is 5.16 Å². The molecule has 1 aromatic carbocycles. The van der Waals surface area contributed by atoms with Crippen molar-refractivity contribution in [3.8, 4) is 11.3 Å². The minimum Gasteiger partial charge on any atom is -0.413 e. The molecule has 0 aliphatic carbocycles. The zero-order valence-corrected chi connectivity index (χ0v) is 15.4. The van der Waals surface area contributed by atoms with E-state index in [0.29, 0.717) is 5.69 Å². The summed E-state index contributed by atoms with van der Waals surface area (Å²) in [6, 6.07) is 9.56. The van der Waals surface area contributed by atoms with Gasteiger partial charge in [-0.2, -0.15) is 0 Å². The lowest BCUT2D eigenvalue weighted by Gasteiger charge is -2.33. The number of nitrogens with two attached hydrogens (primary N) is 1. The number of carbonyl (C=O) groups excluding carboxylic acids is 1. The molecule has 0 spiro atoms. The van der Waals surface area contributed by atoms with Crippen LogP contribution in [0.5, 0.6) is 0 Å². The van der Waals surface area contributed by atoms with Gasteiger partial charge in [0.1, 0.15) is 5.69 Å². The molecule has 0 radical (unpaired) electrons. The zero-order chi connectivity index (χ0) is 17.2. The Balaban J connectivity index is 2.27. The molecule has 6 heteroatoms. The molecule has 0 aliphatic rings. The highest BCUT2D eigenvalue weighted by Crippen LogP contribution is 2.37. The molecular weight excluding hydrogens is 308 g/mol. The molecule has 0 bridgehead atoms. The van der Waals surface area contributed by atoms with E-state index in [2.05, 4.69) is 39.0 Å². The van der Waals surface area contributed by atoms with Crippen molar-refractivity contribution in [2.45, 2.75) is 40.0 Å². The Morgan fingerprint density at radius 1 is 1.26 bits per heavy atom. The second-order valence-electron chi connectivity index (χ2n) is 6.99. The van der Waals surface area contributed by atoms with Crippen LogP contribution in [0.3, 0.4) is 0 Å². The fourth-order valence-electron chi connectivity index (χ4n) is 2.41. The molecule has 0 fully saturated rings. The van der Waals surface area contributed by atoms with E-state index in [0.717, 1.165) is 11.1 Å². The third kappa shape index (κ3) is 4.30. The number of carbonyl (C=O) groups is 1. The highest BCUT2D eigenvalue weighted by molar-refractivity contribution is 6.48. The van der Waals surface area contributed by atoms with E-state index in [1.165, 1.54) is 0 Å². The SMILES string of the molecule is C[SiH](C)OC(c1ccc(-c2cc(C(N)=O)on2)cc1)C(C)(C)C. The summed E-state index contributed by atoms with van der Waals surface area (Å²) in [5, 5.41) is 3.88. The summed E-state index contributed by atoms with van der Waals surface area (Å²) in [5.41, 5.74) is 7.81. The minimum atomic E-state index is -1.16. The molecule has 2 N–H and O–H groups in total. The molecule has 124 valence electrons. The highest BCUT2D eigenvalue weighted by Gasteiger charge is 2.28. The van der Waals surface area contributed by atoms with E-state index in [-0.39, 0.29) is 17.3 Å². The maximum absolute atomic E-state index is 11.1. The van der Waals surface area contributed by atoms with Gasteiger partial charge >= 0.3 is 0 Å². The summed E-state index contributed by atoms with van der Waals surface area (Å²) in [7, 11) is -1.16. The van der Waals surface area contributed by atoms with Crippen LogP contribution >= 0.6 is 0 Å². The molecule has 0 aliphatic heterocycles. The summed E-state index contributed by atoms with van der Waals surface area (Å²) in [6.45, 7) is 10.9. The Labute approximate surface area is 138 Å². The first kappa shape index (κ1) is 17.4. The Kier molecular flexibility index (Phi) is 5.06. The summed E-state index contributed by atoms with van der Waals surface area (Å²) in [5.74, 6) is -0.561. The molecule has 1 heterocycles. The van der Waals surface area contributed by atoms with Crippen molar-refractivity contribution in [2.75, 3.05) is 0 Å². The Morgan fingerprint density at radius 2 is 1.87 bits per heavy atom. The standard InChI is InChI=1S/C17H24N2O3Si/c1-17(2,3)15(22-23(4)5)12-8-6-11(7-9-12)13-10-14(16(18)20)21-19-13/h6-10,15,23H,1-5H3,(H2,18,20). The van der Waals surface area contributed by atoms with Gasteiger partial charge in [0.25, 0.3) is 5.91 Å². The molecule has 0 saturated heterocycles. The van der Waals surface area contributed by atoms with Gasteiger partial charge in [0.05, 0.1) is 6.10 Å².